The van der Waals surface area contributed by atoms with Crippen LogP contribution in [-0.4, -0.2) is 61.9 Å². The monoisotopic (exact) mass is 324 g/mol. The Balaban J connectivity index is 1.69. The van der Waals surface area contributed by atoms with Crippen molar-refractivity contribution in [3.63, 3.8) is 0 Å². The Morgan fingerprint density at radius 1 is 1.45 bits per heavy atom. The summed E-state index contributed by atoms with van der Waals surface area (Å²) in [6, 6.07) is 7.25. The zero-order chi connectivity index (χ0) is 15.7. The molecule has 0 aliphatic carbocycles. The van der Waals surface area contributed by atoms with Gasteiger partial charge < -0.3 is 14.7 Å². The molecule has 2 saturated heterocycles. The standard InChI is InChI=1S/C16H21ClN2O3/c1-18(8-16(9-20)10-22-11-16)14-6-7-19(15(14)21)13-5-3-2-4-12(13)17/h2-5,14,20H,6-11H2,1H3. The summed E-state index contributed by atoms with van der Waals surface area (Å²) in [5.74, 6) is 0.0731. The molecule has 0 aromatic heterocycles. The van der Waals surface area contributed by atoms with E-state index in [4.69, 9.17) is 16.3 Å². The van der Waals surface area contributed by atoms with E-state index >= 15 is 0 Å². The van der Waals surface area contributed by atoms with Gasteiger partial charge in [-0.05, 0) is 25.6 Å². The molecular formula is C16H21ClN2O3. The molecule has 5 nitrogen and oxygen atoms in total. The number of likely N-dealkylation sites (N-methyl/N-ethyl adjacent to an activating group) is 1. The maximum absolute atomic E-state index is 12.7. The largest absolute Gasteiger partial charge is 0.396 e. The minimum absolute atomic E-state index is 0.0731. The maximum Gasteiger partial charge on any atom is 0.244 e. The minimum atomic E-state index is -0.215. The molecule has 6 heteroatoms. The number of nitrogens with zero attached hydrogens (tertiary/aromatic N) is 2. The molecule has 1 unspecified atom stereocenters. The van der Waals surface area contributed by atoms with Crippen LogP contribution >= 0.6 is 11.6 Å². The number of carbonyl (C=O) groups is 1. The molecule has 2 heterocycles. The summed E-state index contributed by atoms with van der Waals surface area (Å²) in [6.45, 7) is 2.54. The van der Waals surface area contributed by atoms with Gasteiger partial charge in [0.05, 0.1) is 42.0 Å². The van der Waals surface area contributed by atoms with E-state index in [9.17, 15) is 9.90 Å². The zero-order valence-electron chi connectivity index (χ0n) is 12.7. The molecule has 22 heavy (non-hydrogen) atoms. The number of hydrogen-bond acceptors (Lipinski definition) is 4. The SMILES string of the molecule is CN(CC1(CO)COC1)C1CCN(c2ccccc2Cl)C1=O. The number of anilines is 1. The Labute approximate surface area is 135 Å². The smallest absolute Gasteiger partial charge is 0.244 e. The van der Waals surface area contributed by atoms with E-state index in [-0.39, 0.29) is 24.0 Å². The molecule has 1 aromatic rings. The van der Waals surface area contributed by atoms with Crippen molar-refractivity contribution in [2.45, 2.75) is 12.5 Å². The first kappa shape index (κ1) is 15.7. The van der Waals surface area contributed by atoms with Gasteiger partial charge in [0.25, 0.3) is 0 Å². The van der Waals surface area contributed by atoms with Crippen molar-refractivity contribution < 1.29 is 14.6 Å². The van der Waals surface area contributed by atoms with E-state index in [2.05, 4.69) is 0 Å². The summed E-state index contributed by atoms with van der Waals surface area (Å²) in [4.78, 5) is 16.5. The quantitative estimate of drug-likeness (QED) is 0.889. The Bertz CT molecular complexity index is 557. The van der Waals surface area contributed by atoms with Crippen molar-refractivity contribution in [1.29, 1.82) is 0 Å². The molecule has 0 radical (unpaired) electrons. The molecule has 1 amide bonds. The number of rotatable bonds is 5. The van der Waals surface area contributed by atoms with Crippen LogP contribution in [0, 0.1) is 5.41 Å². The highest BCUT2D eigenvalue weighted by Gasteiger charge is 2.43. The lowest BCUT2D eigenvalue weighted by Gasteiger charge is -2.43. The number of aliphatic hydroxyl groups is 1. The number of para-hydroxylation sites is 1. The third-order valence-corrected chi connectivity index (χ3v) is 4.91. The number of aliphatic hydroxyl groups excluding tert-OH is 1. The van der Waals surface area contributed by atoms with Gasteiger partial charge in [-0.2, -0.15) is 0 Å². The van der Waals surface area contributed by atoms with Crippen molar-refractivity contribution >= 4 is 23.2 Å². The lowest BCUT2D eigenvalue weighted by molar-refractivity contribution is -0.151. The van der Waals surface area contributed by atoms with Crippen LogP contribution in [0.25, 0.3) is 0 Å². The van der Waals surface area contributed by atoms with E-state index in [1.807, 2.05) is 30.1 Å². The fourth-order valence-electron chi connectivity index (χ4n) is 3.25. The Morgan fingerprint density at radius 3 is 2.77 bits per heavy atom. The average Bonchev–Trinajstić information content (AvgIpc) is 2.85. The van der Waals surface area contributed by atoms with E-state index in [0.717, 1.165) is 12.1 Å². The van der Waals surface area contributed by atoms with E-state index in [1.54, 1.807) is 11.0 Å². The molecule has 2 aliphatic rings. The third kappa shape index (κ3) is 2.74. The first-order valence-corrected chi connectivity index (χ1v) is 7.89. The number of hydrogen-bond donors (Lipinski definition) is 1. The second-order valence-electron chi connectivity index (χ2n) is 6.31. The number of benzene rings is 1. The molecule has 0 bridgehead atoms. The number of amides is 1. The van der Waals surface area contributed by atoms with Crippen LogP contribution < -0.4 is 4.90 Å². The summed E-state index contributed by atoms with van der Waals surface area (Å²) in [7, 11) is 1.94. The van der Waals surface area contributed by atoms with Gasteiger partial charge in [-0.1, -0.05) is 23.7 Å². The zero-order valence-corrected chi connectivity index (χ0v) is 13.4. The molecule has 0 spiro atoms. The molecule has 120 valence electrons. The summed E-state index contributed by atoms with van der Waals surface area (Å²) in [6.07, 6.45) is 0.767. The summed E-state index contributed by atoms with van der Waals surface area (Å²) >= 11 is 6.20. The molecule has 0 saturated carbocycles. The Morgan fingerprint density at radius 2 is 2.18 bits per heavy atom. The summed E-state index contributed by atoms with van der Waals surface area (Å²) < 4.78 is 5.23. The second kappa shape index (κ2) is 6.16. The van der Waals surface area contributed by atoms with Gasteiger partial charge in [-0.3, -0.25) is 9.69 Å². The van der Waals surface area contributed by atoms with Crippen LogP contribution in [0.15, 0.2) is 24.3 Å². The van der Waals surface area contributed by atoms with Crippen molar-refractivity contribution in [2.75, 3.05) is 44.9 Å². The van der Waals surface area contributed by atoms with Crippen LogP contribution in [0.3, 0.4) is 0 Å². The molecule has 2 fully saturated rings. The van der Waals surface area contributed by atoms with Gasteiger partial charge in [0.15, 0.2) is 0 Å². The van der Waals surface area contributed by atoms with Gasteiger partial charge in [0.2, 0.25) is 5.91 Å². The van der Waals surface area contributed by atoms with Gasteiger partial charge >= 0.3 is 0 Å². The van der Waals surface area contributed by atoms with Crippen LogP contribution in [0.2, 0.25) is 5.02 Å². The van der Waals surface area contributed by atoms with E-state index in [1.165, 1.54) is 0 Å². The van der Waals surface area contributed by atoms with Crippen LogP contribution in [-0.2, 0) is 9.53 Å². The van der Waals surface area contributed by atoms with Crippen LogP contribution in [0.1, 0.15) is 6.42 Å². The molecule has 2 aliphatic heterocycles. The summed E-state index contributed by atoms with van der Waals surface area (Å²) in [5.41, 5.74) is 0.557. The minimum Gasteiger partial charge on any atom is -0.396 e. The van der Waals surface area contributed by atoms with Gasteiger partial charge in [0.1, 0.15) is 0 Å². The van der Waals surface area contributed by atoms with E-state index in [0.29, 0.717) is 31.3 Å². The second-order valence-corrected chi connectivity index (χ2v) is 6.72. The van der Waals surface area contributed by atoms with Crippen molar-refractivity contribution in [3.05, 3.63) is 29.3 Å². The van der Waals surface area contributed by atoms with Crippen LogP contribution in [0.4, 0.5) is 5.69 Å². The highest BCUT2D eigenvalue weighted by molar-refractivity contribution is 6.33. The maximum atomic E-state index is 12.7. The fraction of sp³-hybridized carbons (Fsp3) is 0.562. The van der Waals surface area contributed by atoms with Crippen molar-refractivity contribution in [1.82, 2.24) is 4.90 Å². The third-order valence-electron chi connectivity index (χ3n) is 4.59. The number of ether oxygens (including phenoxy) is 1. The molecule has 1 atom stereocenters. The number of carbonyl (C=O) groups excluding carboxylic acids is 1. The lowest BCUT2D eigenvalue weighted by atomic mass is 9.86. The Kier molecular flexibility index (Phi) is 4.41. The lowest BCUT2D eigenvalue weighted by Crippen LogP contribution is -2.55. The van der Waals surface area contributed by atoms with Crippen LogP contribution in [0.5, 0.6) is 0 Å². The number of halogens is 1. The molecule has 1 aromatic carbocycles. The average molecular weight is 325 g/mol. The van der Waals surface area contributed by atoms with Gasteiger partial charge in [0, 0.05) is 13.1 Å². The predicted octanol–water partition coefficient (Wildman–Crippen LogP) is 1.39. The van der Waals surface area contributed by atoms with E-state index < -0.39 is 0 Å². The van der Waals surface area contributed by atoms with Gasteiger partial charge in [-0.15, -0.1) is 0 Å². The molecular weight excluding hydrogens is 304 g/mol. The first-order chi connectivity index (χ1) is 10.6. The fourth-order valence-corrected chi connectivity index (χ4v) is 3.48. The first-order valence-electron chi connectivity index (χ1n) is 7.51. The topological polar surface area (TPSA) is 53.0 Å². The molecule has 1 N–H and O–H groups in total. The summed E-state index contributed by atoms with van der Waals surface area (Å²) in [5, 5.41) is 10.1. The highest BCUT2D eigenvalue weighted by atomic mass is 35.5. The van der Waals surface area contributed by atoms with Crippen molar-refractivity contribution in [2.24, 2.45) is 5.41 Å². The van der Waals surface area contributed by atoms with Crippen molar-refractivity contribution in [3.8, 4) is 0 Å². The highest BCUT2D eigenvalue weighted by Crippen LogP contribution is 2.32. The molecule has 3 rings (SSSR count). The Hall–Kier alpha value is -1.14. The van der Waals surface area contributed by atoms with Gasteiger partial charge in [-0.25, -0.2) is 0 Å². The normalized spacial score (nSPS) is 23.9. The predicted molar refractivity (Wildman–Crippen MR) is 85.2 cm³/mol.